The van der Waals surface area contributed by atoms with E-state index in [-0.39, 0.29) is 178 Å². The van der Waals surface area contributed by atoms with E-state index in [9.17, 15) is 104 Å². The molecule has 5 aliphatic rings. The van der Waals surface area contributed by atoms with Gasteiger partial charge in [-0.05, 0) is 97.8 Å². The number of carbonyl (C=O) groups is 11. The zero-order valence-electron chi connectivity index (χ0n) is 74.5. The van der Waals surface area contributed by atoms with E-state index >= 15 is 0 Å². The van der Waals surface area contributed by atoms with Crippen molar-refractivity contribution in [2.24, 2.45) is 0 Å². The Bertz CT molecular complexity index is 3230. The maximum absolute atomic E-state index is 13.7. The second kappa shape index (κ2) is 61.7. The molecule has 20 N–H and O–H groups in total. The zero-order valence-corrected chi connectivity index (χ0v) is 74.5. The Kier molecular flexibility index (Phi) is 53.8. The fourth-order valence-corrected chi connectivity index (χ4v) is 14.7. The van der Waals surface area contributed by atoms with Crippen molar-refractivity contribution < 1.29 is 161 Å². The van der Waals surface area contributed by atoms with Crippen LogP contribution in [0.25, 0.3) is 0 Å². The topological polar surface area (TPSA) is 624 Å². The molecule has 0 spiro atoms. The molecular formula is C83H147N11O33. The van der Waals surface area contributed by atoms with Crippen LogP contribution in [0.15, 0.2) is 0 Å². The molecule has 5 heterocycles. The molecule has 5 aliphatic heterocycles. The Morgan fingerprint density at radius 1 is 0.378 bits per heavy atom. The average molecular weight is 1830 g/mol. The van der Waals surface area contributed by atoms with Crippen molar-refractivity contribution in [3.8, 4) is 0 Å². The van der Waals surface area contributed by atoms with E-state index in [0.717, 1.165) is 32.1 Å². The van der Waals surface area contributed by atoms with Crippen LogP contribution in [0.3, 0.4) is 0 Å². The van der Waals surface area contributed by atoms with E-state index in [1.165, 1.54) is 20.8 Å². The highest BCUT2D eigenvalue weighted by molar-refractivity contribution is 5.79. The fraction of sp³-hybridized carbons (Fsp3) is 0.867. The van der Waals surface area contributed by atoms with Crippen molar-refractivity contribution in [3.63, 3.8) is 0 Å². The molecule has 0 aromatic rings. The molecule has 0 aromatic carbocycles. The van der Waals surface area contributed by atoms with E-state index in [0.29, 0.717) is 96.6 Å². The van der Waals surface area contributed by atoms with Crippen molar-refractivity contribution in [2.75, 3.05) is 132 Å². The summed E-state index contributed by atoms with van der Waals surface area (Å²) in [5, 5.41) is 129. The van der Waals surface area contributed by atoms with Gasteiger partial charge in [0.15, 0.2) is 18.9 Å². The van der Waals surface area contributed by atoms with E-state index in [1.54, 1.807) is 4.90 Å². The first-order valence-corrected chi connectivity index (χ1v) is 44.8. The van der Waals surface area contributed by atoms with Gasteiger partial charge < -0.3 is 166 Å². The van der Waals surface area contributed by atoms with Crippen LogP contribution in [-0.4, -0.2) is 387 Å². The quantitative estimate of drug-likeness (QED) is 0.0256. The number of nitrogens with zero attached hydrogens (tertiary/aromatic N) is 1. The number of hydrogen-bond acceptors (Lipinski definition) is 33. The monoisotopic (exact) mass is 1830 g/mol. The zero-order chi connectivity index (χ0) is 93.2. The summed E-state index contributed by atoms with van der Waals surface area (Å²) in [6.45, 7) is 8.99. The smallest absolute Gasteiger partial charge is 0.407 e. The fourth-order valence-electron chi connectivity index (χ4n) is 14.7. The van der Waals surface area contributed by atoms with Crippen LogP contribution in [0, 0.1) is 0 Å². The lowest BCUT2D eigenvalue weighted by Crippen LogP contribution is -2.64. The molecule has 21 atom stereocenters. The number of rotatable bonds is 62. The summed E-state index contributed by atoms with van der Waals surface area (Å²) in [6.07, 6.45) is -10.6. The van der Waals surface area contributed by atoms with Crippen molar-refractivity contribution in [1.29, 1.82) is 0 Å². The minimum atomic E-state index is -1.47. The Morgan fingerprint density at radius 3 is 1.12 bits per heavy atom. The minimum absolute atomic E-state index is 0.00332. The number of alkyl carbamates (subject to hydrolysis) is 1. The van der Waals surface area contributed by atoms with E-state index in [2.05, 4.69) is 53.2 Å². The molecule has 127 heavy (non-hydrogen) atoms. The molecule has 0 unspecified atom stereocenters. The first kappa shape index (κ1) is 111. The third-order valence-corrected chi connectivity index (χ3v) is 21.6. The summed E-state index contributed by atoms with van der Waals surface area (Å²) in [7, 11) is 0. The number of aliphatic hydroxyl groups is 10. The molecule has 0 aromatic heterocycles. The molecule has 44 heteroatoms. The highest BCUT2D eigenvalue weighted by Gasteiger charge is 2.49. The molecule has 5 rings (SSSR count). The number of hydrogen-bond donors (Lipinski definition) is 20. The number of β-amino-alcohol motifs (C(OH)–C–C–N with tert-alkyl or cyclic N) is 1. The molecule has 5 fully saturated rings. The number of unbranched alkanes of at least 4 members (excludes halogenated alkanes) is 9. The number of ether oxygens (including phenoxy) is 12. The Balaban J connectivity index is 1.13. The van der Waals surface area contributed by atoms with Crippen molar-refractivity contribution in [1.82, 2.24) is 58.1 Å². The highest BCUT2D eigenvalue weighted by Crippen LogP contribution is 2.29. The lowest BCUT2D eigenvalue weighted by atomic mass is 9.97. The largest absolute Gasteiger partial charge is 0.450 e. The minimum Gasteiger partial charge on any atom is -0.450 e. The first-order chi connectivity index (χ1) is 60.7. The van der Waals surface area contributed by atoms with Crippen molar-refractivity contribution in [2.45, 2.75) is 330 Å². The van der Waals surface area contributed by atoms with Crippen LogP contribution in [0.2, 0.25) is 0 Å². The van der Waals surface area contributed by atoms with Crippen molar-refractivity contribution >= 4 is 65.2 Å². The Labute approximate surface area is 742 Å². The van der Waals surface area contributed by atoms with Gasteiger partial charge in [0.25, 0.3) is 0 Å². The summed E-state index contributed by atoms with van der Waals surface area (Å²) < 4.78 is 70.8. The summed E-state index contributed by atoms with van der Waals surface area (Å²) >= 11 is 0. The van der Waals surface area contributed by atoms with Gasteiger partial charge in [0, 0.05) is 131 Å². The van der Waals surface area contributed by atoms with Crippen LogP contribution in [-0.2, 0) is 105 Å². The molecule has 0 bridgehead atoms. The lowest BCUT2D eigenvalue weighted by Gasteiger charge is -2.42. The number of amides is 11. The molecule has 5 saturated heterocycles. The standard InChI is InChI=1S/C83H147N11O33/c1-51(98)90-68-74(112)71(109)57(45-95)125-79(68)119-36-17-13-23-61(102)84-30-20-33-87-64(105)27-40-116-50-60-78(118-42-29-66(107)89-35-22-32-86-63(104)25-15-19-38-121-81-70(92-53(3)100)76(114)73(111)59(47-97)127-81)77(56(49-123-60)93-82(115)122-39-16-11-9-7-8-10-12-26-67(108)94-44-55(101)43-54(94)48-124-83(4,5)6)117-41-28-65(106)88-34-21-31-85-62(103)24-14-18-37-120-80-69(91-52(2)99)75(113)72(110)58(46-96)126-80/h54-60,68-81,95-97,101,109-114H,7-50H2,1-6H3,(H,84,102)(H,85,103)(H,86,104)(H,87,105)(H,88,106)(H,89,107)(H,90,98)(H,91,99)(H,92,100)(H,93,115)/t54-,55+,56-,57+,58+,59+,60+,68+,69+,70+,71-,72-,73-,74+,75+,76+,77+,78+,79+,80+,81+/m0/s1. The van der Waals surface area contributed by atoms with Crippen LogP contribution in [0.4, 0.5) is 4.79 Å². The number of likely N-dealkylation sites (tertiary alicyclic amines) is 1. The maximum Gasteiger partial charge on any atom is 0.407 e. The molecule has 44 nitrogen and oxygen atoms in total. The number of carbonyl (C=O) groups excluding carboxylic acids is 11. The molecule has 0 aliphatic carbocycles. The lowest BCUT2D eigenvalue weighted by molar-refractivity contribution is -0.270. The molecule has 11 amide bonds. The summed E-state index contributed by atoms with van der Waals surface area (Å²) in [6, 6.07) is -4.45. The van der Waals surface area contributed by atoms with Gasteiger partial charge in [-0.2, -0.15) is 0 Å². The van der Waals surface area contributed by atoms with E-state index in [4.69, 9.17) is 56.8 Å². The van der Waals surface area contributed by atoms with Gasteiger partial charge in [0.2, 0.25) is 59.1 Å². The van der Waals surface area contributed by atoms with Crippen molar-refractivity contribution in [3.05, 3.63) is 0 Å². The van der Waals surface area contributed by atoms with Gasteiger partial charge in [-0.1, -0.05) is 32.1 Å². The third kappa shape index (κ3) is 43.4. The summed E-state index contributed by atoms with van der Waals surface area (Å²) in [5.41, 5.74) is -0.372. The predicted molar refractivity (Wildman–Crippen MR) is 448 cm³/mol. The average Bonchev–Trinajstić information content (AvgIpc) is 1.44. The second-order valence-corrected chi connectivity index (χ2v) is 33.4. The van der Waals surface area contributed by atoms with Gasteiger partial charge in [0.05, 0.1) is 89.9 Å². The maximum atomic E-state index is 13.7. The van der Waals surface area contributed by atoms with Gasteiger partial charge in [-0.15, -0.1) is 0 Å². The van der Waals surface area contributed by atoms with Crippen LogP contribution in [0.5, 0.6) is 0 Å². The van der Waals surface area contributed by atoms with E-state index in [1.807, 2.05) is 20.8 Å². The molecule has 0 radical (unpaired) electrons. The molecular weight excluding hydrogens is 1680 g/mol. The van der Waals surface area contributed by atoms with Gasteiger partial charge >= 0.3 is 6.09 Å². The number of aliphatic hydroxyl groups excluding tert-OH is 10. The summed E-state index contributed by atoms with van der Waals surface area (Å²) in [4.78, 5) is 142. The van der Waals surface area contributed by atoms with Crippen LogP contribution < -0.4 is 53.2 Å². The number of nitrogens with one attached hydrogen (secondary N) is 10. The van der Waals surface area contributed by atoms with Gasteiger partial charge in [-0.25, -0.2) is 4.79 Å². The van der Waals surface area contributed by atoms with Gasteiger partial charge in [0.1, 0.15) is 91.4 Å². The second-order valence-electron chi connectivity index (χ2n) is 33.4. The normalized spacial score (nSPS) is 27.2. The van der Waals surface area contributed by atoms with Gasteiger partial charge in [-0.3, -0.25) is 47.9 Å². The predicted octanol–water partition coefficient (Wildman–Crippen LogP) is -4.41. The Hall–Kier alpha value is -6.87. The molecule has 732 valence electrons. The summed E-state index contributed by atoms with van der Waals surface area (Å²) in [5.74, 6) is -3.48. The van der Waals surface area contributed by atoms with Crippen LogP contribution in [0.1, 0.15) is 196 Å². The van der Waals surface area contributed by atoms with Crippen LogP contribution >= 0.6 is 0 Å². The Morgan fingerprint density at radius 2 is 0.732 bits per heavy atom. The third-order valence-electron chi connectivity index (χ3n) is 21.6. The SMILES string of the molecule is CC(=O)N[C@H]1[C@H](OCCCCC(=O)NCCCNC(=O)CCOC[C@H]2OC[C@H](NC(=O)OCCCCCCCCCC(=O)N3C[C@H](O)C[C@H]3COC(C)(C)C)[C@@H](OCCC(=O)NCCCNC(=O)CCCCO[C@@H]3O[C@H](CO)[C@H](O)[C@H](O)[C@H]3NC(C)=O)[C@@H]2OCCC(=O)NCCCNC(=O)CCCCO[C@@H]2O[C@H](CO)[C@H](O)[C@H](O)[C@H]2NC(C)=O)O[C@H](CO)[C@H](O)[C@@H]1O. The molecule has 0 saturated carbocycles. The highest BCUT2D eigenvalue weighted by atomic mass is 16.7. The first-order valence-electron chi connectivity index (χ1n) is 44.8. The van der Waals surface area contributed by atoms with E-state index < -0.39 is 178 Å².